The lowest BCUT2D eigenvalue weighted by Crippen LogP contribution is -2.08. The topological polar surface area (TPSA) is 21.3 Å². The minimum absolute atomic E-state index is 0. The molecule has 1 fully saturated rings. The van der Waals surface area contributed by atoms with Gasteiger partial charge in [-0.05, 0) is 42.6 Å². The van der Waals surface area contributed by atoms with E-state index >= 15 is 0 Å². The molecule has 4 heteroatoms. The molecule has 2 nitrogen and oxygen atoms in total. The van der Waals surface area contributed by atoms with Gasteiger partial charge in [0.25, 0.3) is 0 Å². The summed E-state index contributed by atoms with van der Waals surface area (Å²) in [5, 5.41) is 4.18. The van der Waals surface area contributed by atoms with Gasteiger partial charge in [0.15, 0.2) is 0 Å². The molecule has 1 aromatic rings. The average Bonchev–Trinajstić information content (AvgIpc) is 2.71. The van der Waals surface area contributed by atoms with E-state index in [9.17, 15) is 0 Å². The van der Waals surface area contributed by atoms with Crippen LogP contribution in [0.1, 0.15) is 17.9 Å². The fourth-order valence-electron chi connectivity index (χ4n) is 1.88. The zero-order valence-electron chi connectivity index (χ0n) is 8.63. The molecule has 1 aromatic carbocycles. The van der Waals surface area contributed by atoms with Crippen LogP contribution in [0.4, 0.5) is 0 Å². The highest BCUT2D eigenvalue weighted by atomic mass is 35.5. The molecule has 1 atom stereocenters. The Morgan fingerprint density at radius 3 is 2.87 bits per heavy atom. The third-order valence-electron chi connectivity index (χ3n) is 2.70. The summed E-state index contributed by atoms with van der Waals surface area (Å²) in [5.41, 5.74) is 1.20. The van der Waals surface area contributed by atoms with Crippen molar-refractivity contribution in [2.45, 2.75) is 12.3 Å². The van der Waals surface area contributed by atoms with Crippen LogP contribution in [0.25, 0.3) is 0 Å². The molecule has 0 aliphatic carbocycles. The molecule has 0 amide bonds. The molecular formula is C11H15Cl2NO. The van der Waals surface area contributed by atoms with Crippen molar-refractivity contribution in [3.63, 3.8) is 0 Å². The van der Waals surface area contributed by atoms with Gasteiger partial charge in [0, 0.05) is 11.6 Å². The van der Waals surface area contributed by atoms with Gasteiger partial charge in [-0.15, -0.1) is 12.4 Å². The molecule has 0 bridgehead atoms. The smallest absolute Gasteiger partial charge is 0.119 e. The van der Waals surface area contributed by atoms with E-state index in [1.807, 2.05) is 18.2 Å². The van der Waals surface area contributed by atoms with Gasteiger partial charge in [0.1, 0.15) is 5.75 Å². The summed E-state index contributed by atoms with van der Waals surface area (Å²) >= 11 is 6.15. The SMILES string of the molecule is COc1ccc(Cl)c(C2CCNC2)c1.Cl. The third-order valence-corrected chi connectivity index (χ3v) is 3.05. The highest BCUT2D eigenvalue weighted by Crippen LogP contribution is 2.31. The first-order valence-electron chi connectivity index (χ1n) is 4.85. The Bertz CT molecular complexity index is 324. The van der Waals surface area contributed by atoms with E-state index in [-0.39, 0.29) is 12.4 Å². The highest BCUT2D eigenvalue weighted by molar-refractivity contribution is 6.31. The number of hydrogen-bond donors (Lipinski definition) is 1. The molecule has 15 heavy (non-hydrogen) atoms. The molecule has 0 radical (unpaired) electrons. The Hall–Kier alpha value is -0.440. The van der Waals surface area contributed by atoms with Crippen LogP contribution in [-0.2, 0) is 0 Å². The van der Waals surface area contributed by atoms with E-state index in [0.717, 1.165) is 30.3 Å². The zero-order valence-corrected chi connectivity index (χ0v) is 10.2. The van der Waals surface area contributed by atoms with Gasteiger partial charge in [-0.25, -0.2) is 0 Å². The average molecular weight is 248 g/mol. The fraction of sp³-hybridized carbons (Fsp3) is 0.455. The van der Waals surface area contributed by atoms with Crippen LogP contribution in [0, 0.1) is 0 Å². The second kappa shape index (κ2) is 5.59. The van der Waals surface area contributed by atoms with Crippen molar-refractivity contribution >= 4 is 24.0 Å². The van der Waals surface area contributed by atoms with Crippen molar-refractivity contribution in [2.75, 3.05) is 20.2 Å². The van der Waals surface area contributed by atoms with Gasteiger partial charge >= 0.3 is 0 Å². The van der Waals surface area contributed by atoms with Crippen molar-refractivity contribution in [1.29, 1.82) is 0 Å². The van der Waals surface area contributed by atoms with Crippen molar-refractivity contribution in [2.24, 2.45) is 0 Å². The van der Waals surface area contributed by atoms with Crippen molar-refractivity contribution in [3.05, 3.63) is 28.8 Å². The number of halogens is 2. The van der Waals surface area contributed by atoms with E-state index in [1.54, 1.807) is 7.11 Å². The number of methoxy groups -OCH3 is 1. The lowest BCUT2D eigenvalue weighted by atomic mass is 9.98. The summed E-state index contributed by atoms with van der Waals surface area (Å²) in [6.07, 6.45) is 1.16. The number of nitrogens with one attached hydrogen (secondary N) is 1. The van der Waals surface area contributed by atoms with Crippen LogP contribution in [0.5, 0.6) is 5.75 Å². The van der Waals surface area contributed by atoms with Gasteiger partial charge in [0.2, 0.25) is 0 Å². The second-order valence-corrected chi connectivity index (χ2v) is 3.98. The number of benzene rings is 1. The number of rotatable bonds is 2. The molecule has 1 aliphatic rings. The first-order chi connectivity index (χ1) is 6.81. The summed E-state index contributed by atoms with van der Waals surface area (Å²) in [4.78, 5) is 0. The fourth-order valence-corrected chi connectivity index (χ4v) is 2.15. The van der Waals surface area contributed by atoms with Gasteiger partial charge in [-0.3, -0.25) is 0 Å². The Balaban J connectivity index is 0.00000112. The van der Waals surface area contributed by atoms with Crippen LogP contribution in [0.15, 0.2) is 18.2 Å². The van der Waals surface area contributed by atoms with Crippen LogP contribution < -0.4 is 10.1 Å². The molecular weight excluding hydrogens is 233 g/mol. The highest BCUT2D eigenvalue weighted by Gasteiger charge is 2.19. The number of hydrogen-bond acceptors (Lipinski definition) is 2. The molecule has 1 N–H and O–H groups in total. The second-order valence-electron chi connectivity index (χ2n) is 3.58. The maximum absolute atomic E-state index is 6.15. The van der Waals surface area contributed by atoms with Crippen LogP contribution in [0.2, 0.25) is 5.02 Å². The minimum atomic E-state index is 0. The summed E-state index contributed by atoms with van der Waals surface area (Å²) in [6.45, 7) is 2.10. The first kappa shape index (κ1) is 12.6. The predicted molar refractivity (Wildman–Crippen MR) is 65.5 cm³/mol. The first-order valence-corrected chi connectivity index (χ1v) is 5.23. The Kier molecular flexibility index (Phi) is 4.71. The van der Waals surface area contributed by atoms with Gasteiger partial charge < -0.3 is 10.1 Å². The molecule has 1 aliphatic heterocycles. The van der Waals surface area contributed by atoms with Crippen molar-refractivity contribution < 1.29 is 4.74 Å². The third kappa shape index (κ3) is 2.77. The largest absolute Gasteiger partial charge is 0.497 e. The summed E-state index contributed by atoms with van der Waals surface area (Å²) in [7, 11) is 1.68. The van der Waals surface area contributed by atoms with E-state index < -0.39 is 0 Å². The molecule has 0 saturated carbocycles. The molecule has 1 heterocycles. The Morgan fingerprint density at radius 1 is 1.47 bits per heavy atom. The molecule has 0 spiro atoms. The van der Waals surface area contributed by atoms with Crippen LogP contribution in [0.3, 0.4) is 0 Å². The Morgan fingerprint density at radius 2 is 2.27 bits per heavy atom. The molecule has 1 saturated heterocycles. The normalized spacial score (nSPS) is 19.7. The lowest BCUT2D eigenvalue weighted by Gasteiger charge is -2.12. The van der Waals surface area contributed by atoms with Crippen molar-refractivity contribution in [3.8, 4) is 5.75 Å². The van der Waals surface area contributed by atoms with Gasteiger partial charge in [-0.1, -0.05) is 11.6 Å². The van der Waals surface area contributed by atoms with Crippen molar-refractivity contribution in [1.82, 2.24) is 5.32 Å². The molecule has 0 aromatic heterocycles. The maximum Gasteiger partial charge on any atom is 0.119 e. The molecule has 2 rings (SSSR count). The number of ether oxygens (including phenoxy) is 1. The zero-order chi connectivity index (χ0) is 9.97. The maximum atomic E-state index is 6.15. The summed E-state index contributed by atoms with van der Waals surface area (Å²) < 4.78 is 5.19. The van der Waals surface area contributed by atoms with E-state index in [2.05, 4.69) is 5.32 Å². The molecule has 1 unspecified atom stereocenters. The summed E-state index contributed by atoms with van der Waals surface area (Å²) in [5.74, 6) is 1.42. The van der Waals surface area contributed by atoms with E-state index in [0.29, 0.717) is 5.92 Å². The van der Waals surface area contributed by atoms with Gasteiger partial charge in [-0.2, -0.15) is 0 Å². The standard InChI is InChI=1S/C11H14ClNO.ClH/c1-14-9-2-3-11(12)10(6-9)8-4-5-13-7-8;/h2-3,6,8,13H,4-5,7H2,1H3;1H. The lowest BCUT2D eigenvalue weighted by molar-refractivity contribution is 0.414. The molecule has 84 valence electrons. The minimum Gasteiger partial charge on any atom is -0.497 e. The summed E-state index contributed by atoms with van der Waals surface area (Å²) in [6, 6.07) is 5.85. The predicted octanol–water partition coefficient (Wildman–Crippen LogP) is 2.85. The quantitative estimate of drug-likeness (QED) is 0.868. The Labute approximate surface area is 101 Å². The van der Waals surface area contributed by atoms with E-state index in [1.165, 1.54) is 5.56 Å². The van der Waals surface area contributed by atoms with E-state index in [4.69, 9.17) is 16.3 Å². The monoisotopic (exact) mass is 247 g/mol. The van der Waals surface area contributed by atoms with Crippen LogP contribution in [-0.4, -0.2) is 20.2 Å². The van der Waals surface area contributed by atoms with Gasteiger partial charge in [0.05, 0.1) is 7.11 Å². The van der Waals surface area contributed by atoms with Crippen LogP contribution >= 0.6 is 24.0 Å².